The van der Waals surface area contributed by atoms with Crippen molar-refractivity contribution in [3.05, 3.63) is 47.5 Å². The third kappa shape index (κ3) is 8.51. The van der Waals surface area contributed by atoms with E-state index < -0.39 is 12.2 Å². The first-order valence-electron chi connectivity index (χ1n) is 12.0. The maximum atomic E-state index is 11.4. The van der Waals surface area contributed by atoms with Crippen molar-refractivity contribution in [2.24, 2.45) is 5.92 Å². The van der Waals surface area contributed by atoms with Crippen LogP contribution in [0, 0.1) is 5.92 Å². The van der Waals surface area contributed by atoms with Crippen molar-refractivity contribution in [3.8, 4) is 0 Å². The molecule has 0 saturated heterocycles. The molecule has 0 aliphatic heterocycles. The zero-order valence-electron chi connectivity index (χ0n) is 19.2. The molecule has 1 aromatic rings. The standard InChI is InChI=1S/C26H39ClO5/c1-2-3-6-10-23(29)19-12-14-20(15-13-19)26-21(22(27)18-24(26)30)9-7-4-5-8-11-25(31)32-17-16-28/h4,7,12-15,21-24,26,28-30H,2-3,5-6,8-11,16-18H2,1H3/b7-4+/t21?,22-,23+,24-,26?/m1/s1. The van der Waals surface area contributed by atoms with E-state index in [1.807, 2.05) is 24.3 Å². The number of aliphatic hydroxyl groups is 3. The lowest BCUT2D eigenvalue weighted by Gasteiger charge is -2.23. The van der Waals surface area contributed by atoms with Crippen LogP contribution in [0.5, 0.6) is 0 Å². The van der Waals surface area contributed by atoms with Crippen LogP contribution in [0.1, 0.15) is 87.9 Å². The van der Waals surface area contributed by atoms with Crippen LogP contribution >= 0.6 is 11.6 Å². The number of aliphatic hydroxyl groups excluding tert-OH is 3. The van der Waals surface area contributed by atoms with E-state index in [4.69, 9.17) is 21.4 Å². The van der Waals surface area contributed by atoms with Crippen LogP contribution in [0.25, 0.3) is 0 Å². The lowest BCUT2D eigenvalue weighted by atomic mass is 9.84. The number of rotatable bonds is 14. The van der Waals surface area contributed by atoms with Gasteiger partial charge in [0.15, 0.2) is 0 Å². The number of ether oxygens (including phenoxy) is 1. The summed E-state index contributed by atoms with van der Waals surface area (Å²) < 4.78 is 4.84. The van der Waals surface area contributed by atoms with E-state index in [9.17, 15) is 15.0 Å². The van der Waals surface area contributed by atoms with Crippen LogP contribution in [-0.2, 0) is 9.53 Å². The smallest absolute Gasteiger partial charge is 0.305 e. The number of allylic oxidation sites excluding steroid dienone is 2. The number of hydrogen-bond donors (Lipinski definition) is 3. The van der Waals surface area contributed by atoms with Crippen LogP contribution < -0.4 is 0 Å². The second-order valence-corrected chi connectivity index (χ2v) is 9.29. The minimum Gasteiger partial charge on any atom is -0.463 e. The number of hydrogen-bond acceptors (Lipinski definition) is 5. The zero-order chi connectivity index (χ0) is 23.3. The van der Waals surface area contributed by atoms with Gasteiger partial charge in [-0.1, -0.05) is 62.6 Å². The van der Waals surface area contributed by atoms with Gasteiger partial charge in [-0.15, -0.1) is 11.6 Å². The van der Waals surface area contributed by atoms with Gasteiger partial charge >= 0.3 is 5.97 Å². The average molecular weight is 467 g/mol. The summed E-state index contributed by atoms with van der Waals surface area (Å²) in [5, 5.41) is 29.6. The quantitative estimate of drug-likeness (QED) is 0.155. The Kier molecular flexibility index (Phi) is 12.3. The molecule has 0 aromatic heterocycles. The van der Waals surface area contributed by atoms with Crippen molar-refractivity contribution in [1.29, 1.82) is 0 Å². The van der Waals surface area contributed by atoms with Crippen LogP contribution in [-0.4, -0.2) is 46.0 Å². The first-order chi connectivity index (χ1) is 15.5. The Balaban J connectivity index is 1.88. The van der Waals surface area contributed by atoms with E-state index in [2.05, 4.69) is 19.1 Å². The molecule has 32 heavy (non-hydrogen) atoms. The van der Waals surface area contributed by atoms with E-state index >= 15 is 0 Å². The number of halogens is 1. The molecule has 0 bridgehead atoms. The Hall–Kier alpha value is -1.40. The highest BCUT2D eigenvalue weighted by Crippen LogP contribution is 2.45. The van der Waals surface area contributed by atoms with Crippen LogP contribution in [0.4, 0.5) is 0 Å². The van der Waals surface area contributed by atoms with E-state index in [1.54, 1.807) is 0 Å². The van der Waals surface area contributed by atoms with Gasteiger partial charge < -0.3 is 20.1 Å². The van der Waals surface area contributed by atoms with Crippen LogP contribution in [0.3, 0.4) is 0 Å². The molecule has 0 heterocycles. The molecule has 1 aromatic carbocycles. The number of carbonyl (C=O) groups excluding carboxylic acids is 1. The molecule has 1 saturated carbocycles. The van der Waals surface area contributed by atoms with E-state index in [1.165, 1.54) is 0 Å². The summed E-state index contributed by atoms with van der Waals surface area (Å²) in [4.78, 5) is 11.4. The SMILES string of the molecule is CCCCC[C@H](O)c1ccc(C2C(C/C=C/CCCC(=O)OCCO)[C@H](Cl)C[C@H]2O)cc1. The molecule has 0 spiro atoms. The number of alkyl halides is 1. The Labute approximate surface area is 197 Å². The largest absolute Gasteiger partial charge is 0.463 e. The van der Waals surface area contributed by atoms with Gasteiger partial charge in [-0.2, -0.15) is 0 Å². The minimum absolute atomic E-state index is 0.0260. The highest BCUT2D eigenvalue weighted by atomic mass is 35.5. The third-order valence-electron chi connectivity index (χ3n) is 6.28. The fourth-order valence-electron chi connectivity index (χ4n) is 4.49. The molecule has 5 atom stereocenters. The molecule has 0 amide bonds. The second kappa shape index (κ2) is 14.7. The fraction of sp³-hybridized carbons (Fsp3) is 0.654. The van der Waals surface area contributed by atoms with Gasteiger partial charge in [0.1, 0.15) is 6.61 Å². The van der Waals surface area contributed by atoms with Gasteiger partial charge in [0.25, 0.3) is 0 Å². The molecule has 2 unspecified atom stereocenters. The minimum atomic E-state index is -0.475. The van der Waals surface area contributed by atoms with Crippen molar-refractivity contribution < 1.29 is 24.9 Å². The van der Waals surface area contributed by atoms with Crippen molar-refractivity contribution in [1.82, 2.24) is 0 Å². The molecular weight excluding hydrogens is 428 g/mol. The lowest BCUT2D eigenvalue weighted by Crippen LogP contribution is -2.18. The molecule has 180 valence electrons. The summed E-state index contributed by atoms with van der Waals surface area (Å²) in [6.45, 7) is 2.05. The summed E-state index contributed by atoms with van der Waals surface area (Å²) in [7, 11) is 0. The third-order valence-corrected chi connectivity index (χ3v) is 6.78. The molecular formula is C26H39ClO5. The van der Waals surface area contributed by atoms with Gasteiger partial charge in [-0.25, -0.2) is 0 Å². The molecule has 1 aliphatic rings. The van der Waals surface area contributed by atoms with Gasteiger partial charge in [-0.05, 0) is 49.1 Å². The molecule has 2 rings (SSSR count). The second-order valence-electron chi connectivity index (χ2n) is 8.73. The average Bonchev–Trinajstić information content (AvgIpc) is 3.07. The molecule has 5 nitrogen and oxygen atoms in total. The van der Waals surface area contributed by atoms with Crippen molar-refractivity contribution in [2.45, 2.75) is 88.2 Å². The summed E-state index contributed by atoms with van der Waals surface area (Å²) >= 11 is 6.59. The molecule has 1 fully saturated rings. The van der Waals surface area contributed by atoms with E-state index in [0.717, 1.165) is 49.7 Å². The molecule has 0 radical (unpaired) electrons. The number of carbonyl (C=O) groups is 1. The van der Waals surface area contributed by atoms with Crippen molar-refractivity contribution >= 4 is 17.6 Å². The zero-order valence-corrected chi connectivity index (χ0v) is 19.9. The number of unbranched alkanes of at least 4 members (excludes halogenated alkanes) is 3. The molecule has 6 heteroatoms. The lowest BCUT2D eigenvalue weighted by molar-refractivity contribution is -0.144. The predicted octanol–water partition coefficient (Wildman–Crippen LogP) is 5.02. The Morgan fingerprint density at radius 2 is 1.97 bits per heavy atom. The van der Waals surface area contributed by atoms with Gasteiger partial charge in [-0.3, -0.25) is 4.79 Å². The fourth-order valence-corrected chi connectivity index (χ4v) is 4.93. The molecule has 3 N–H and O–H groups in total. The topological polar surface area (TPSA) is 87.0 Å². The summed E-state index contributed by atoms with van der Waals surface area (Å²) in [6.07, 6.45) is 10.4. The monoisotopic (exact) mass is 466 g/mol. The Bertz CT molecular complexity index is 690. The Morgan fingerprint density at radius 1 is 1.22 bits per heavy atom. The van der Waals surface area contributed by atoms with Gasteiger partial charge in [0.05, 0.1) is 18.8 Å². The first-order valence-corrected chi connectivity index (χ1v) is 12.4. The van der Waals surface area contributed by atoms with Crippen molar-refractivity contribution in [3.63, 3.8) is 0 Å². The predicted molar refractivity (Wildman–Crippen MR) is 128 cm³/mol. The van der Waals surface area contributed by atoms with Crippen LogP contribution in [0.15, 0.2) is 36.4 Å². The highest BCUT2D eigenvalue weighted by Gasteiger charge is 2.41. The van der Waals surface area contributed by atoms with E-state index in [-0.39, 0.29) is 36.4 Å². The first kappa shape index (κ1) is 26.8. The van der Waals surface area contributed by atoms with Crippen LogP contribution in [0.2, 0.25) is 0 Å². The number of benzene rings is 1. The summed E-state index contributed by atoms with van der Waals surface area (Å²) in [5.74, 6) is -0.175. The highest BCUT2D eigenvalue weighted by molar-refractivity contribution is 6.21. The van der Waals surface area contributed by atoms with Gasteiger partial charge in [0.2, 0.25) is 0 Å². The Morgan fingerprint density at radius 3 is 2.66 bits per heavy atom. The van der Waals surface area contributed by atoms with Crippen molar-refractivity contribution in [2.75, 3.05) is 13.2 Å². The maximum Gasteiger partial charge on any atom is 0.305 e. The maximum absolute atomic E-state index is 11.4. The van der Waals surface area contributed by atoms with Gasteiger partial charge in [0, 0.05) is 17.7 Å². The normalized spacial score (nSPS) is 24.2. The summed E-state index contributed by atoms with van der Waals surface area (Å²) in [5.41, 5.74) is 1.99. The molecule has 1 aliphatic carbocycles. The number of esters is 1. The summed E-state index contributed by atoms with van der Waals surface area (Å²) in [6, 6.07) is 8.00. The van der Waals surface area contributed by atoms with E-state index in [0.29, 0.717) is 19.3 Å².